The Labute approximate surface area is 80.3 Å². The van der Waals surface area contributed by atoms with Crippen LogP contribution in [0, 0.1) is 11.3 Å². The Morgan fingerprint density at radius 2 is 1.86 bits per heavy atom. The molecule has 0 bridgehead atoms. The number of primary amides is 1. The van der Waals surface area contributed by atoms with Crippen molar-refractivity contribution in [2.45, 2.75) is 6.42 Å². The highest BCUT2D eigenvalue weighted by molar-refractivity contribution is 6.21. The van der Waals surface area contributed by atoms with Gasteiger partial charge in [-0.25, -0.2) is 0 Å². The Morgan fingerprint density at radius 3 is 2.14 bits per heavy atom. The van der Waals surface area contributed by atoms with Gasteiger partial charge in [-0.1, -0.05) is 0 Å². The maximum atomic E-state index is 11.2. The van der Waals surface area contributed by atoms with E-state index < -0.39 is 35.8 Å². The van der Waals surface area contributed by atoms with E-state index >= 15 is 0 Å². The van der Waals surface area contributed by atoms with Crippen LogP contribution in [0.2, 0.25) is 0 Å². The minimum absolute atomic E-state index is 0.600. The van der Waals surface area contributed by atoms with Crippen LogP contribution in [-0.4, -0.2) is 30.5 Å². The fourth-order valence-corrected chi connectivity index (χ4v) is 0.879. The molecule has 0 spiro atoms. The summed E-state index contributed by atoms with van der Waals surface area (Å²) in [4.78, 5) is 32.7. The molecule has 2 amide bonds. The summed E-state index contributed by atoms with van der Waals surface area (Å²) in [6.45, 7) is 0. The Kier molecular flexibility index (Phi) is 4.27. The fourth-order valence-electron chi connectivity index (χ4n) is 0.879. The van der Waals surface area contributed by atoms with Crippen molar-refractivity contribution in [2.24, 2.45) is 17.4 Å². The summed E-state index contributed by atoms with van der Waals surface area (Å²) in [5, 5.41) is 9.17. The molecule has 0 saturated carbocycles. The van der Waals surface area contributed by atoms with Crippen molar-refractivity contribution in [3.63, 3.8) is 0 Å². The molecule has 0 aliphatic heterocycles. The largest absolute Gasteiger partial charge is 0.387 e. The van der Waals surface area contributed by atoms with E-state index in [1.54, 1.807) is 0 Å². The number of Topliss-reactive ketones (excluding diaryl/α,β-unsaturated/α-hetero) is 1. The smallest absolute Gasteiger partial charge is 0.238 e. The third-order valence-electron chi connectivity index (χ3n) is 1.49. The van der Waals surface area contributed by atoms with Crippen LogP contribution in [0.3, 0.4) is 0 Å². The molecule has 6 N–H and O–H groups in total. The zero-order chi connectivity index (χ0) is 11.3. The number of hydrogen-bond acceptors (Lipinski definition) is 4. The van der Waals surface area contributed by atoms with Gasteiger partial charge in [0, 0.05) is 7.05 Å². The third-order valence-corrected chi connectivity index (χ3v) is 1.49. The molecule has 1 atom stereocenters. The zero-order valence-electron chi connectivity index (χ0n) is 7.66. The summed E-state index contributed by atoms with van der Waals surface area (Å²) in [5.41, 5.74) is 9.81. The van der Waals surface area contributed by atoms with Crippen molar-refractivity contribution in [2.75, 3.05) is 7.05 Å². The molecule has 7 nitrogen and oxygen atoms in total. The quantitative estimate of drug-likeness (QED) is 0.225. The predicted molar refractivity (Wildman–Crippen MR) is 48.3 cm³/mol. The molecule has 0 aliphatic carbocycles. The molecule has 0 saturated heterocycles. The van der Waals surface area contributed by atoms with E-state index in [-0.39, 0.29) is 0 Å². The lowest BCUT2D eigenvalue weighted by atomic mass is 9.99. The van der Waals surface area contributed by atoms with Crippen molar-refractivity contribution >= 4 is 23.4 Å². The number of nitrogens with one attached hydrogen (secondary N) is 2. The third kappa shape index (κ3) is 3.21. The van der Waals surface area contributed by atoms with Gasteiger partial charge in [-0.15, -0.1) is 0 Å². The van der Waals surface area contributed by atoms with Gasteiger partial charge in [0.1, 0.15) is 5.84 Å². The first-order chi connectivity index (χ1) is 6.40. The van der Waals surface area contributed by atoms with Gasteiger partial charge in [-0.3, -0.25) is 19.8 Å². The van der Waals surface area contributed by atoms with E-state index in [0.717, 1.165) is 0 Å². The first-order valence-electron chi connectivity index (χ1n) is 3.76. The van der Waals surface area contributed by atoms with E-state index in [9.17, 15) is 14.4 Å². The van der Waals surface area contributed by atoms with Crippen LogP contribution >= 0.6 is 0 Å². The second kappa shape index (κ2) is 4.95. The van der Waals surface area contributed by atoms with Gasteiger partial charge in [-0.05, 0) is 0 Å². The van der Waals surface area contributed by atoms with E-state index in [2.05, 4.69) is 5.32 Å². The summed E-state index contributed by atoms with van der Waals surface area (Å²) in [5.74, 6) is -4.37. The summed E-state index contributed by atoms with van der Waals surface area (Å²) in [6.07, 6.45) is -0.600. The number of amidine groups is 1. The van der Waals surface area contributed by atoms with Crippen molar-refractivity contribution in [3.05, 3.63) is 0 Å². The molecule has 78 valence electrons. The van der Waals surface area contributed by atoms with Gasteiger partial charge >= 0.3 is 0 Å². The zero-order valence-corrected chi connectivity index (χ0v) is 7.66. The normalized spacial score (nSPS) is 11.5. The van der Waals surface area contributed by atoms with E-state index in [0.29, 0.717) is 0 Å². The van der Waals surface area contributed by atoms with Gasteiger partial charge in [0.25, 0.3) is 0 Å². The van der Waals surface area contributed by atoms with Crippen molar-refractivity contribution in [3.8, 4) is 0 Å². The van der Waals surface area contributed by atoms with Crippen LogP contribution in [0.5, 0.6) is 0 Å². The molecule has 14 heavy (non-hydrogen) atoms. The molecule has 1 unspecified atom stereocenters. The summed E-state index contributed by atoms with van der Waals surface area (Å²) in [7, 11) is 1.30. The van der Waals surface area contributed by atoms with Gasteiger partial charge in [0.15, 0.2) is 11.7 Å². The lowest BCUT2D eigenvalue weighted by molar-refractivity contribution is -0.132. The van der Waals surface area contributed by atoms with Crippen LogP contribution in [0.25, 0.3) is 0 Å². The van der Waals surface area contributed by atoms with Gasteiger partial charge in [0.05, 0.1) is 6.42 Å². The first-order valence-corrected chi connectivity index (χ1v) is 3.76. The SMILES string of the molecule is CNC(=O)C(C(=N)N)C(=O)CC(N)=O. The minimum Gasteiger partial charge on any atom is -0.387 e. The Balaban J connectivity index is 4.66. The number of hydrogen-bond donors (Lipinski definition) is 4. The number of amides is 2. The summed E-state index contributed by atoms with van der Waals surface area (Å²) >= 11 is 0. The highest BCUT2D eigenvalue weighted by Gasteiger charge is 2.29. The lowest BCUT2D eigenvalue weighted by Gasteiger charge is -2.11. The maximum Gasteiger partial charge on any atom is 0.238 e. The molecule has 7 heteroatoms. The van der Waals surface area contributed by atoms with Gasteiger partial charge in [0.2, 0.25) is 11.8 Å². The number of ketones is 1. The second-order valence-corrected chi connectivity index (χ2v) is 2.61. The number of rotatable bonds is 5. The highest BCUT2D eigenvalue weighted by atomic mass is 16.2. The average Bonchev–Trinajstić information content (AvgIpc) is 2.01. The molecular formula is C7H12N4O3. The molecule has 0 aromatic carbocycles. The van der Waals surface area contributed by atoms with E-state index in [4.69, 9.17) is 16.9 Å². The maximum absolute atomic E-state index is 11.2. The molecule has 0 radical (unpaired) electrons. The Bertz CT molecular complexity index is 287. The number of carbonyl (C=O) groups excluding carboxylic acids is 3. The van der Waals surface area contributed by atoms with Crippen molar-refractivity contribution in [1.82, 2.24) is 5.32 Å². The van der Waals surface area contributed by atoms with Gasteiger partial charge < -0.3 is 16.8 Å². The van der Waals surface area contributed by atoms with Crippen LogP contribution in [0.15, 0.2) is 0 Å². The molecule has 0 fully saturated rings. The van der Waals surface area contributed by atoms with Crippen molar-refractivity contribution < 1.29 is 14.4 Å². The average molecular weight is 200 g/mol. The molecule has 0 aromatic heterocycles. The lowest BCUT2D eigenvalue weighted by Crippen LogP contribution is -2.42. The molecule has 0 heterocycles. The van der Waals surface area contributed by atoms with Crippen LogP contribution in [-0.2, 0) is 14.4 Å². The van der Waals surface area contributed by atoms with Gasteiger partial charge in [-0.2, -0.15) is 0 Å². The summed E-state index contributed by atoms with van der Waals surface area (Å²) < 4.78 is 0. The van der Waals surface area contributed by atoms with Crippen LogP contribution in [0.1, 0.15) is 6.42 Å². The topological polar surface area (TPSA) is 139 Å². The predicted octanol–water partition coefficient (Wildman–Crippen LogP) is -2.27. The van der Waals surface area contributed by atoms with Crippen LogP contribution < -0.4 is 16.8 Å². The molecule has 0 rings (SSSR count). The molecular weight excluding hydrogens is 188 g/mol. The summed E-state index contributed by atoms with van der Waals surface area (Å²) in [6, 6.07) is 0. The monoisotopic (exact) mass is 200 g/mol. The standard InChI is InChI=1S/C7H12N4O3/c1-11-7(14)5(6(9)10)3(12)2-4(8)13/h5H,2H2,1H3,(H2,8,13)(H3,9,10)(H,11,14). The van der Waals surface area contributed by atoms with Crippen LogP contribution in [0.4, 0.5) is 0 Å². The fraction of sp³-hybridized carbons (Fsp3) is 0.429. The number of carbonyl (C=O) groups is 3. The molecule has 0 aliphatic rings. The van der Waals surface area contributed by atoms with E-state index in [1.807, 2.05) is 0 Å². The second-order valence-electron chi connectivity index (χ2n) is 2.61. The minimum atomic E-state index is -1.42. The number of nitrogens with two attached hydrogens (primary N) is 2. The van der Waals surface area contributed by atoms with E-state index in [1.165, 1.54) is 7.05 Å². The Morgan fingerprint density at radius 1 is 1.36 bits per heavy atom. The first kappa shape index (κ1) is 12.1. The Hall–Kier alpha value is -1.92. The molecule has 0 aromatic rings. The highest BCUT2D eigenvalue weighted by Crippen LogP contribution is 2.01. The van der Waals surface area contributed by atoms with Crippen molar-refractivity contribution in [1.29, 1.82) is 5.41 Å².